The van der Waals surface area contributed by atoms with Crippen LogP contribution in [-0.4, -0.2) is 16.1 Å². The maximum absolute atomic E-state index is 11.2. The van der Waals surface area contributed by atoms with Crippen LogP contribution in [0.3, 0.4) is 0 Å². The highest BCUT2D eigenvalue weighted by Crippen LogP contribution is 2.40. The first-order valence-corrected chi connectivity index (χ1v) is 11.2. The van der Waals surface area contributed by atoms with E-state index in [-0.39, 0.29) is 11.6 Å². The van der Waals surface area contributed by atoms with Crippen LogP contribution >= 0.6 is 11.3 Å². The van der Waals surface area contributed by atoms with Crippen LogP contribution in [0, 0.1) is 0 Å². The highest BCUT2D eigenvalue weighted by Gasteiger charge is 2.37. The molecule has 3 aromatic carbocycles. The van der Waals surface area contributed by atoms with E-state index >= 15 is 0 Å². The summed E-state index contributed by atoms with van der Waals surface area (Å²) in [5, 5.41) is 15.1. The van der Waals surface area contributed by atoms with Gasteiger partial charge in [0.1, 0.15) is 5.54 Å². The molecule has 166 valence electrons. The minimum absolute atomic E-state index is 0.0651. The minimum atomic E-state index is -1.11. The van der Waals surface area contributed by atoms with Crippen molar-refractivity contribution >= 4 is 22.4 Å². The number of rotatable bonds is 9. The van der Waals surface area contributed by atoms with Crippen molar-refractivity contribution in [3.05, 3.63) is 125 Å². The molecule has 6 nitrogen and oxygen atoms in total. The summed E-state index contributed by atoms with van der Waals surface area (Å²) in [6.07, 6.45) is 1.42. The van der Waals surface area contributed by atoms with Gasteiger partial charge < -0.3 is 15.3 Å². The fourth-order valence-electron chi connectivity index (χ4n) is 3.64. The molecule has 0 unspecified atom stereocenters. The number of allylic oxidation sites excluding steroid dienone is 1. The number of carboxylic acids is 1. The molecule has 0 bridgehead atoms. The second kappa shape index (κ2) is 10.0. The Morgan fingerprint density at radius 2 is 1.39 bits per heavy atom. The molecule has 1 heterocycles. The van der Waals surface area contributed by atoms with Crippen LogP contribution < -0.4 is 15.6 Å². The number of nitrogens with one attached hydrogen (secondary N) is 2. The van der Waals surface area contributed by atoms with Gasteiger partial charge in [0, 0.05) is 0 Å². The van der Waals surface area contributed by atoms with E-state index in [4.69, 9.17) is 9.94 Å². The van der Waals surface area contributed by atoms with Crippen LogP contribution in [0.5, 0.6) is 5.88 Å². The standard InChI is InChI=1S/C26H23N3O3S/c1-2-22(24(30)31)29-32-23-18-33-25(27-23)28-26(19-12-6-3-7-13-19,20-14-8-4-9-15-20)21-16-10-5-11-17-21/h2-18,29H,1H3,(H,27,28)(H,30,31). The van der Waals surface area contributed by atoms with Crippen LogP contribution in [0.2, 0.25) is 0 Å². The molecule has 1 aromatic heterocycles. The van der Waals surface area contributed by atoms with Crippen molar-refractivity contribution in [3.63, 3.8) is 0 Å². The number of hydrogen-bond acceptors (Lipinski definition) is 6. The van der Waals surface area contributed by atoms with Gasteiger partial charge in [-0.3, -0.25) is 0 Å². The molecule has 0 atom stereocenters. The number of benzene rings is 3. The van der Waals surface area contributed by atoms with Gasteiger partial charge in [-0.2, -0.15) is 4.98 Å². The molecule has 0 aliphatic rings. The predicted molar refractivity (Wildman–Crippen MR) is 130 cm³/mol. The van der Waals surface area contributed by atoms with Crippen molar-refractivity contribution in [2.45, 2.75) is 12.5 Å². The highest BCUT2D eigenvalue weighted by atomic mass is 32.1. The molecule has 3 N–H and O–H groups in total. The number of hydroxylamine groups is 1. The highest BCUT2D eigenvalue weighted by molar-refractivity contribution is 7.13. The van der Waals surface area contributed by atoms with Crippen LogP contribution in [0.25, 0.3) is 0 Å². The lowest BCUT2D eigenvalue weighted by molar-refractivity contribution is -0.133. The number of carbonyl (C=O) groups is 1. The largest absolute Gasteiger partial charge is 0.476 e. The summed E-state index contributed by atoms with van der Waals surface area (Å²) in [4.78, 5) is 21.1. The zero-order valence-corrected chi connectivity index (χ0v) is 18.8. The summed E-state index contributed by atoms with van der Waals surface area (Å²) in [5.41, 5.74) is 4.83. The summed E-state index contributed by atoms with van der Waals surface area (Å²) >= 11 is 1.37. The van der Waals surface area contributed by atoms with Crippen molar-refractivity contribution in [3.8, 4) is 5.88 Å². The SMILES string of the molecule is CC=C(NOc1csc(NC(c2ccccc2)(c2ccccc2)c2ccccc2)n1)C(=O)O. The summed E-state index contributed by atoms with van der Waals surface area (Å²) in [5.74, 6) is -0.839. The van der Waals surface area contributed by atoms with E-state index in [1.165, 1.54) is 17.4 Å². The van der Waals surface area contributed by atoms with Gasteiger partial charge in [0.05, 0.1) is 5.38 Å². The van der Waals surface area contributed by atoms with Gasteiger partial charge in [-0.05, 0) is 23.6 Å². The minimum Gasteiger partial charge on any atom is -0.476 e. The Morgan fingerprint density at radius 3 is 1.82 bits per heavy atom. The maximum atomic E-state index is 11.2. The van der Waals surface area contributed by atoms with Crippen molar-refractivity contribution in [2.24, 2.45) is 0 Å². The van der Waals surface area contributed by atoms with E-state index in [2.05, 4.69) is 52.2 Å². The summed E-state index contributed by atoms with van der Waals surface area (Å²) < 4.78 is 0. The number of carboxylic acid groups (broad SMARTS) is 1. The zero-order chi connectivity index (χ0) is 23.1. The van der Waals surface area contributed by atoms with E-state index in [0.717, 1.165) is 16.7 Å². The number of anilines is 1. The molecule has 0 fully saturated rings. The summed E-state index contributed by atoms with van der Waals surface area (Å²) in [6.45, 7) is 1.61. The maximum Gasteiger partial charge on any atom is 0.354 e. The first-order chi connectivity index (χ1) is 16.1. The third-order valence-electron chi connectivity index (χ3n) is 5.18. The van der Waals surface area contributed by atoms with Gasteiger partial charge in [0.25, 0.3) is 5.88 Å². The Hall–Kier alpha value is -4.10. The van der Waals surface area contributed by atoms with Crippen LogP contribution in [0.15, 0.2) is 108 Å². The Bertz CT molecular complexity index is 1130. The van der Waals surface area contributed by atoms with Gasteiger partial charge in [0.2, 0.25) is 0 Å². The Labute approximate surface area is 196 Å². The molecule has 0 amide bonds. The monoisotopic (exact) mass is 457 g/mol. The molecular weight excluding hydrogens is 434 g/mol. The number of aliphatic carboxylic acids is 1. The molecule has 0 aliphatic carbocycles. The topological polar surface area (TPSA) is 83.5 Å². The van der Waals surface area contributed by atoms with E-state index in [9.17, 15) is 4.79 Å². The van der Waals surface area contributed by atoms with Gasteiger partial charge in [-0.25, -0.2) is 10.3 Å². The molecule has 0 saturated carbocycles. The summed E-state index contributed by atoms with van der Waals surface area (Å²) in [6, 6.07) is 30.6. The average Bonchev–Trinajstić information content (AvgIpc) is 3.31. The molecule has 0 spiro atoms. The van der Waals surface area contributed by atoms with Gasteiger partial charge in [0.15, 0.2) is 10.8 Å². The third kappa shape index (κ3) is 4.73. The quantitative estimate of drug-likeness (QED) is 0.177. The average molecular weight is 458 g/mol. The molecule has 33 heavy (non-hydrogen) atoms. The van der Waals surface area contributed by atoms with E-state index in [1.807, 2.05) is 54.6 Å². The molecule has 0 radical (unpaired) electrons. The van der Waals surface area contributed by atoms with Crippen molar-refractivity contribution in [1.82, 2.24) is 10.5 Å². The lowest BCUT2D eigenvalue weighted by atomic mass is 9.77. The normalized spacial score (nSPS) is 11.6. The predicted octanol–water partition coefficient (Wildman–Crippen LogP) is 5.42. The zero-order valence-electron chi connectivity index (χ0n) is 17.9. The fourth-order valence-corrected chi connectivity index (χ4v) is 4.31. The molecule has 4 rings (SSSR count). The molecule has 7 heteroatoms. The molecule has 0 saturated heterocycles. The van der Waals surface area contributed by atoms with Gasteiger partial charge >= 0.3 is 5.97 Å². The number of nitrogens with zero attached hydrogens (tertiary/aromatic N) is 1. The number of hydrogen-bond donors (Lipinski definition) is 3. The third-order valence-corrected chi connectivity index (χ3v) is 5.92. The molecule has 4 aromatic rings. The lowest BCUT2D eigenvalue weighted by Gasteiger charge is -2.36. The van der Waals surface area contributed by atoms with Crippen molar-refractivity contribution in [2.75, 3.05) is 5.32 Å². The van der Waals surface area contributed by atoms with Gasteiger partial charge in [-0.1, -0.05) is 97.1 Å². The second-order valence-corrected chi connectivity index (χ2v) is 8.03. The van der Waals surface area contributed by atoms with Crippen molar-refractivity contribution in [1.29, 1.82) is 0 Å². The van der Waals surface area contributed by atoms with E-state index in [1.54, 1.807) is 12.3 Å². The summed E-state index contributed by atoms with van der Waals surface area (Å²) in [7, 11) is 0. The Kier molecular flexibility index (Phi) is 6.71. The first-order valence-electron chi connectivity index (χ1n) is 10.4. The molecular formula is C26H23N3O3S. The van der Waals surface area contributed by atoms with Crippen LogP contribution in [0.1, 0.15) is 23.6 Å². The van der Waals surface area contributed by atoms with Crippen LogP contribution in [-0.2, 0) is 10.3 Å². The second-order valence-electron chi connectivity index (χ2n) is 7.18. The van der Waals surface area contributed by atoms with E-state index in [0.29, 0.717) is 5.13 Å². The number of aromatic nitrogens is 1. The van der Waals surface area contributed by atoms with Crippen molar-refractivity contribution < 1.29 is 14.7 Å². The Balaban J connectivity index is 1.76. The Morgan fingerprint density at radius 1 is 0.909 bits per heavy atom. The fraction of sp³-hybridized carbons (Fsp3) is 0.0769. The van der Waals surface area contributed by atoms with Crippen LogP contribution in [0.4, 0.5) is 5.13 Å². The van der Waals surface area contributed by atoms with Gasteiger partial charge in [-0.15, -0.1) is 11.3 Å². The first kappa shape index (κ1) is 22.1. The van der Waals surface area contributed by atoms with E-state index < -0.39 is 11.5 Å². The number of thiazole rings is 1. The molecule has 0 aliphatic heterocycles. The smallest absolute Gasteiger partial charge is 0.354 e. The lowest BCUT2D eigenvalue weighted by Crippen LogP contribution is -2.38.